The molecule has 0 radical (unpaired) electrons. The first-order valence-corrected chi connectivity index (χ1v) is 7.50. The van der Waals surface area contributed by atoms with E-state index in [-0.39, 0.29) is 18.2 Å². The van der Waals surface area contributed by atoms with E-state index in [2.05, 4.69) is 27.3 Å². The Morgan fingerprint density at radius 2 is 2.58 bits per heavy atom. The fraction of sp³-hybridized carbons (Fsp3) is 0.769. The zero-order chi connectivity index (χ0) is 13.7. The van der Waals surface area contributed by atoms with Crippen LogP contribution >= 0.6 is 15.9 Å². The van der Waals surface area contributed by atoms with E-state index in [1.165, 1.54) is 0 Å². The highest BCUT2D eigenvalue weighted by Gasteiger charge is 2.29. The molecule has 0 aliphatic carbocycles. The number of carbonyl (C=O) groups is 1. The zero-order valence-electron chi connectivity index (χ0n) is 11.2. The van der Waals surface area contributed by atoms with E-state index in [1.807, 2.05) is 4.90 Å². The molecule has 1 N–H and O–H groups in total. The van der Waals surface area contributed by atoms with Crippen LogP contribution < -0.4 is 5.32 Å². The van der Waals surface area contributed by atoms with Crippen molar-refractivity contribution in [3.63, 3.8) is 0 Å². The maximum Gasteiger partial charge on any atom is 0.318 e. The molecule has 2 aliphatic heterocycles. The second-order valence-corrected chi connectivity index (χ2v) is 5.94. The number of nitrogens with zero attached hydrogens (tertiary/aromatic N) is 1. The Hall–Kier alpha value is -0.590. The maximum absolute atomic E-state index is 12.2. The summed E-state index contributed by atoms with van der Waals surface area (Å²) in [6, 6.07) is -0.104. The smallest absolute Gasteiger partial charge is 0.318 e. The Balaban J connectivity index is 1.89. The van der Waals surface area contributed by atoms with E-state index >= 15 is 0 Å². The molecular weight excluding hydrogens is 312 g/mol. The molecule has 0 saturated carbocycles. The molecule has 0 aromatic carbocycles. The number of amides is 2. The molecule has 108 valence electrons. The minimum atomic E-state index is -0.0651. The molecule has 0 aromatic rings. The van der Waals surface area contributed by atoms with Crippen molar-refractivity contribution in [3.05, 3.63) is 10.6 Å². The van der Waals surface area contributed by atoms with E-state index in [4.69, 9.17) is 9.47 Å². The summed E-state index contributed by atoms with van der Waals surface area (Å²) < 4.78 is 11.9. The first kappa shape index (κ1) is 14.8. The van der Waals surface area contributed by atoms with Gasteiger partial charge in [-0.3, -0.25) is 0 Å². The molecule has 0 spiro atoms. The summed E-state index contributed by atoms with van der Waals surface area (Å²) in [6.45, 7) is 2.66. The molecule has 5 nitrogen and oxygen atoms in total. The van der Waals surface area contributed by atoms with E-state index < -0.39 is 0 Å². The summed E-state index contributed by atoms with van der Waals surface area (Å²) in [4.78, 5) is 14.0. The monoisotopic (exact) mass is 332 g/mol. The van der Waals surface area contributed by atoms with Gasteiger partial charge < -0.3 is 19.7 Å². The SMILES string of the molecule is COC[C@@H](NC(=O)N1CCC=C(Br)C1)[C@@H]1CCCO1. The van der Waals surface area contributed by atoms with Crippen molar-refractivity contribution >= 4 is 22.0 Å². The van der Waals surface area contributed by atoms with E-state index in [1.54, 1.807) is 7.11 Å². The Bertz CT molecular complexity index is 343. The minimum Gasteiger partial charge on any atom is -0.382 e. The molecule has 2 aliphatic rings. The molecule has 2 amide bonds. The van der Waals surface area contributed by atoms with Gasteiger partial charge in [0.25, 0.3) is 0 Å². The summed E-state index contributed by atoms with van der Waals surface area (Å²) in [5.41, 5.74) is 0. The lowest BCUT2D eigenvalue weighted by Gasteiger charge is -2.30. The van der Waals surface area contributed by atoms with Crippen LogP contribution in [0.4, 0.5) is 4.79 Å². The highest BCUT2D eigenvalue weighted by molar-refractivity contribution is 9.11. The number of urea groups is 1. The number of hydrogen-bond donors (Lipinski definition) is 1. The van der Waals surface area contributed by atoms with E-state index in [9.17, 15) is 4.79 Å². The fourth-order valence-electron chi connectivity index (χ4n) is 2.47. The lowest BCUT2D eigenvalue weighted by molar-refractivity contribution is 0.0448. The summed E-state index contributed by atoms with van der Waals surface area (Å²) in [5, 5.41) is 3.04. The lowest BCUT2D eigenvalue weighted by Crippen LogP contribution is -2.52. The molecule has 2 heterocycles. The van der Waals surface area contributed by atoms with Gasteiger partial charge >= 0.3 is 6.03 Å². The highest BCUT2D eigenvalue weighted by atomic mass is 79.9. The topological polar surface area (TPSA) is 50.8 Å². The standard InChI is InChI=1S/C13H21BrN2O3/c1-18-9-11(12-5-3-7-19-12)15-13(17)16-6-2-4-10(14)8-16/h4,11-12H,2-3,5-9H2,1H3,(H,15,17)/t11-,12+/m1/s1. The third kappa shape index (κ3) is 4.19. The maximum atomic E-state index is 12.2. The quantitative estimate of drug-likeness (QED) is 0.855. The number of nitrogens with one attached hydrogen (secondary N) is 1. The number of methoxy groups -OCH3 is 1. The van der Waals surface area contributed by atoms with Crippen molar-refractivity contribution in [1.29, 1.82) is 0 Å². The van der Waals surface area contributed by atoms with Crippen LogP contribution in [0.3, 0.4) is 0 Å². The first-order chi connectivity index (χ1) is 9.20. The molecule has 2 rings (SSSR count). The summed E-state index contributed by atoms with van der Waals surface area (Å²) in [5.74, 6) is 0. The molecule has 0 bridgehead atoms. The van der Waals surface area contributed by atoms with Gasteiger partial charge in [-0.25, -0.2) is 4.79 Å². The van der Waals surface area contributed by atoms with Crippen LogP contribution in [0.1, 0.15) is 19.3 Å². The van der Waals surface area contributed by atoms with Crippen molar-refractivity contribution in [1.82, 2.24) is 10.2 Å². The van der Waals surface area contributed by atoms with Crippen LogP contribution in [0.5, 0.6) is 0 Å². The molecule has 6 heteroatoms. The molecule has 0 aromatic heterocycles. The van der Waals surface area contributed by atoms with Crippen molar-refractivity contribution in [2.75, 3.05) is 33.4 Å². The molecular formula is C13H21BrN2O3. The van der Waals surface area contributed by atoms with Crippen molar-refractivity contribution in [3.8, 4) is 0 Å². The minimum absolute atomic E-state index is 0.0393. The van der Waals surface area contributed by atoms with E-state index in [0.717, 1.165) is 36.9 Å². The van der Waals surface area contributed by atoms with Crippen molar-refractivity contribution in [2.24, 2.45) is 0 Å². The predicted octanol–water partition coefficient (Wildman–Crippen LogP) is 1.87. The Morgan fingerprint density at radius 3 is 3.21 bits per heavy atom. The summed E-state index contributed by atoms with van der Waals surface area (Å²) in [6.07, 6.45) is 5.11. The predicted molar refractivity (Wildman–Crippen MR) is 76.4 cm³/mol. The van der Waals surface area contributed by atoms with Gasteiger partial charge in [0.1, 0.15) is 0 Å². The van der Waals surface area contributed by atoms with Gasteiger partial charge in [-0.05, 0) is 19.3 Å². The average molecular weight is 333 g/mol. The lowest BCUT2D eigenvalue weighted by atomic mass is 10.1. The van der Waals surface area contributed by atoms with Crippen molar-refractivity contribution < 1.29 is 14.3 Å². The van der Waals surface area contributed by atoms with Crippen LogP contribution in [-0.4, -0.2) is 56.5 Å². The van der Waals surface area contributed by atoms with Gasteiger partial charge in [0.05, 0.1) is 25.3 Å². The van der Waals surface area contributed by atoms with Crippen LogP contribution in [-0.2, 0) is 9.47 Å². The van der Waals surface area contributed by atoms with Crippen molar-refractivity contribution in [2.45, 2.75) is 31.4 Å². The van der Waals surface area contributed by atoms with Gasteiger partial charge in [-0.2, -0.15) is 0 Å². The Labute approximate surface area is 122 Å². The first-order valence-electron chi connectivity index (χ1n) is 6.71. The molecule has 0 unspecified atom stereocenters. The normalized spacial score (nSPS) is 25.1. The number of hydrogen-bond acceptors (Lipinski definition) is 3. The third-order valence-corrected chi connectivity index (χ3v) is 4.04. The number of rotatable bonds is 4. The number of carbonyl (C=O) groups excluding carboxylic acids is 1. The molecule has 1 fully saturated rings. The van der Waals surface area contributed by atoms with Crippen LogP contribution in [0.25, 0.3) is 0 Å². The van der Waals surface area contributed by atoms with Crippen LogP contribution in [0.15, 0.2) is 10.6 Å². The third-order valence-electron chi connectivity index (χ3n) is 3.46. The largest absolute Gasteiger partial charge is 0.382 e. The Kier molecular flexibility index (Phi) is 5.66. The zero-order valence-corrected chi connectivity index (χ0v) is 12.8. The van der Waals surface area contributed by atoms with Gasteiger partial charge in [-0.15, -0.1) is 0 Å². The van der Waals surface area contributed by atoms with Gasteiger partial charge in [0.2, 0.25) is 0 Å². The molecule has 1 saturated heterocycles. The molecule has 2 atom stereocenters. The molecule has 19 heavy (non-hydrogen) atoms. The summed E-state index contributed by atoms with van der Waals surface area (Å²) in [7, 11) is 1.65. The van der Waals surface area contributed by atoms with Crippen LogP contribution in [0, 0.1) is 0 Å². The van der Waals surface area contributed by atoms with Gasteiger partial charge in [0.15, 0.2) is 0 Å². The summed E-state index contributed by atoms with van der Waals surface area (Å²) >= 11 is 3.45. The number of ether oxygens (including phenoxy) is 2. The highest BCUT2D eigenvalue weighted by Crippen LogP contribution is 2.18. The average Bonchev–Trinajstić information content (AvgIpc) is 2.92. The second-order valence-electron chi connectivity index (χ2n) is 4.92. The Morgan fingerprint density at radius 1 is 1.74 bits per heavy atom. The second kappa shape index (κ2) is 7.26. The number of halogens is 1. The van der Waals surface area contributed by atoms with E-state index in [0.29, 0.717) is 13.2 Å². The fourth-order valence-corrected chi connectivity index (χ4v) is 3.00. The van der Waals surface area contributed by atoms with Gasteiger partial charge in [-0.1, -0.05) is 22.0 Å². The van der Waals surface area contributed by atoms with Gasteiger partial charge in [0, 0.05) is 24.7 Å². The van der Waals surface area contributed by atoms with Crippen LogP contribution in [0.2, 0.25) is 0 Å².